The Labute approximate surface area is 99.4 Å². The molecule has 3 heteroatoms. The summed E-state index contributed by atoms with van der Waals surface area (Å²) in [5.74, 6) is 0. The van der Waals surface area contributed by atoms with Crippen LogP contribution in [0.15, 0.2) is 28.7 Å². The molecule has 2 rings (SSSR count). The van der Waals surface area contributed by atoms with Crippen molar-refractivity contribution < 1.29 is 4.74 Å². The van der Waals surface area contributed by atoms with Crippen LogP contribution in [0.4, 0.5) is 5.69 Å². The van der Waals surface area contributed by atoms with Crippen LogP contribution in [0.25, 0.3) is 0 Å². The fourth-order valence-electron chi connectivity index (χ4n) is 1.89. The molecule has 0 bridgehead atoms. The predicted molar refractivity (Wildman–Crippen MR) is 66.4 cm³/mol. The van der Waals surface area contributed by atoms with Gasteiger partial charge >= 0.3 is 0 Å². The maximum atomic E-state index is 5.69. The van der Waals surface area contributed by atoms with Gasteiger partial charge < -0.3 is 9.64 Å². The Morgan fingerprint density at radius 3 is 2.53 bits per heavy atom. The molecule has 0 spiro atoms. The molecule has 1 aromatic carbocycles. The smallest absolute Gasteiger partial charge is 0.0801 e. The van der Waals surface area contributed by atoms with Crippen LogP contribution in [-0.4, -0.2) is 25.3 Å². The van der Waals surface area contributed by atoms with Gasteiger partial charge in [-0.15, -0.1) is 0 Å². The van der Waals surface area contributed by atoms with Gasteiger partial charge in [0, 0.05) is 23.2 Å². The van der Waals surface area contributed by atoms with Gasteiger partial charge in [-0.3, -0.25) is 0 Å². The average molecular weight is 270 g/mol. The van der Waals surface area contributed by atoms with Crippen molar-refractivity contribution in [3.63, 3.8) is 0 Å². The zero-order chi connectivity index (χ0) is 10.9. The second-order valence-electron chi connectivity index (χ2n) is 4.51. The molecule has 0 aliphatic carbocycles. The van der Waals surface area contributed by atoms with Crippen molar-refractivity contribution in [3.05, 3.63) is 28.7 Å². The summed E-state index contributed by atoms with van der Waals surface area (Å²) in [6, 6.07) is 8.45. The predicted octanol–water partition coefficient (Wildman–Crippen LogP) is 3.06. The highest BCUT2D eigenvalue weighted by molar-refractivity contribution is 9.10. The summed E-state index contributed by atoms with van der Waals surface area (Å²) in [5.41, 5.74) is 1.24. The lowest BCUT2D eigenvalue weighted by Crippen LogP contribution is -2.48. The third-order valence-corrected chi connectivity index (χ3v) is 3.15. The van der Waals surface area contributed by atoms with Crippen molar-refractivity contribution in [1.82, 2.24) is 0 Å². The minimum atomic E-state index is -0.0364. The summed E-state index contributed by atoms with van der Waals surface area (Å²) in [7, 11) is 0. The lowest BCUT2D eigenvalue weighted by Gasteiger charge is -2.39. The van der Waals surface area contributed by atoms with Gasteiger partial charge in [-0.05, 0) is 38.1 Å². The summed E-state index contributed by atoms with van der Waals surface area (Å²) < 4.78 is 6.81. The van der Waals surface area contributed by atoms with Crippen molar-refractivity contribution in [2.45, 2.75) is 19.4 Å². The van der Waals surface area contributed by atoms with Gasteiger partial charge in [0.1, 0.15) is 0 Å². The van der Waals surface area contributed by atoms with Crippen LogP contribution in [0.3, 0.4) is 0 Å². The van der Waals surface area contributed by atoms with Crippen LogP contribution in [0.1, 0.15) is 13.8 Å². The molecule has 1 aliphatic rings. The van der Waals surface area contributed by atoms with Crippen molar-refractivity contribution in [2.24, 2.45) is 0 Å². The molecule has 82 valence electrons. The molecule has 0 atom stereocenters. The molecular weight excluding hydrogens is 254 g/mol. The van der Waals surface area contributed by atoms with E-state index in [-0.39, 0.29) is 5.60 Å². The minimum absolute atomic E-state index is 0.0364. The van der Waals surface area contributed by atoms with E-state index in [1.165, 1.54) is 5.69 Å². The van der Waals surface area contributed by atoms with Crippen molar-refractivity contribution in [2.75, 3.05) is 24.6 Å². The van der Waals surface area contributed by atoms with E-state index in [2.05, 4.69) is 58.9 Å². The standard InChI is InChI=1S/C12H16BrNO/c1-12(2)9-14(7-8-15-12)11-5-3-10(13)4-6-11/h3-6H,7-9H2,1-2H3. The number of morpholine rings is 1. The number of halogens is 1. The molecule has 1 aromatic rings. The first-order valence-corrected chi connectivity index (χ1v) is 6.01. The Balaban J connectivity index is 2.13. The van der Waals surface area contributed by atoms with Gasteiger partial charge in [-0.1, -0.05) is 15.9 Å². The van der Waals surface area contributed by atoms with Crippen LogP contribution < -0.4 is 4.90 Å². The van der Waals surface area contributed by atoms with Crippen LogP contribution in [0.2, 0.25) is 0 Å². The highest BCUT2D eigenvalue weighted by Gasteiger charge is 2.27. The van der Waals surface area contributed by atoms with E-state index in [1.807, 2.05) is 0 Å². The Bertz CT molecular complexity index is 334. The normalized spacial score (nSPS) is 20.3. The van der Waals surface area contributed by atoms with Gasteiger partial charge in [0.2, 0.25) is 0 Å². The van der Waals surface area contributed by atoms with E-state index >= 15 is 0 Å². The highest BCUT2D eigenvalue weighted by atomic mass is 79.9. The fourth-order valence-corrected chi connectivity index (χ4v) is 2.15. The maximum Gasteiger partial charge on any atom is 0.0801 e. The lowest BCUT2D eigenvalue weighted by molar-refractivity contribution is -0.0276. The number of nitrogens with zero attached hydrogens (tertiary/aromatic N) is 1. The summed E-state index contributed by atoms with van der Waals surface area (Å²) in [4.78, 5) is 2.37. The molecule has 0 aromatic heterocycles. The Kier molecular flexibility index (Phi) is 3.03. The number of benzene rings is 1. The number of ether oxygens (including phenoxy) is 1. The van der Waals surface area contributed by atoms with Gasteiger partial charge in [-0.2, -0.15) is 0 Å². The number of hydrogen-bond donors (Lipinski definition) is 0. The minimum Gasteiger partial charge on any atom is -0.372 e. The molecule has 1 saturated heterocycles. The molecule has 0 unspecified atom stereocenters. The fraction of sp³-hybridized carbons (Fsp3) is 0.500. The molecule has 15 heavy (non-hydrogen) atoms. The summed E-state index contributed by atoms with van der Waals surface area (Å²) in [6.45, 7) is 7.01. The SMILES string of the molecule is CC1(C)CN(c2ccc(Br)cc2)CCO1. The first-order chi connectivity index (χ1) is 7.07. The Morgan fingerprint density at radius 2 is 1.93 bits per heavy atom. The van der Waals surface area contributed by atoms with E-state index in [0.717, 1.165) is 24.2 Å². The average Bonchev–Trinajstić information content (AvgIpc) is 2.17. The number of anilines is 1. The third kappa shape index (κ3) is 2.73. The number of hydrogen-bond acceptors (Lipinski definition) is 2. The number of rotatable bonds is 1. The Morgan fingerprint density at radius 1 is 1.27 bits per heavy atom. The van der Waals surface area contributed by atoms with Gasteiger partial charge in [0.25, 0.3) is 0 Å². The quantitative estimate of drug-likeness (QED) is 0.777. The zero-order valence-electron chi connectivity index (χ0n) is 9.16. The molecule has 0 saturated carbocycles. The maximum absolute atomic E-state index is 5.69. The van der Waals surface area contributed by atoms with Crippen molar-refractivity contribution >= 4 is 21.6 Å². The zero-order valence-corrected chi connectivity index (χ0v) is 10.8. The second kappa shape index (κ2) is 4.14. The molecular formula is C12H16BrNO. The largest absolute Gasteiger partial charge is 0.372 e. The van der Waals surface area contributed by atoms with Crippen LogP contribution in [0.5, 0.6) is 0 Å². The first-order valence-electron chi connectivity index (χ1n) is 5.21. The van der Waals surface area contributed by atoms with Crippen molar-refractivity contribution in [1.29, 1.82) is 0 Å². The van der Waals surface area contributed by atoms with E-state index in [9.17, 15) is 0 Å². The van der Waals surface area contributed by atoms with E-state index < -0.39 is 0 Å². The van der Waals surface area contributed by atoms with Gasteiger partial charge in [0.05, 0.1) is 12.2 Å². The molecule has 0 N–H and O–H groups in total. The highest BCUT2D eigenvalue weighted by Crippen LogP contribution is 2.24. The van der Waals surface area contributed by atoms with E-state index in [0.29, 0.717) is 0 Å². The lowest BCUT2D eigenvalue weighted by atomic mass is 10.1. The molecule has 1 heterocycles. The third-order valence-electron chi connectivity index (χ3n) is 2.62. The molecule has 0 radical (unpaired) electrons. The van der Waals surface area contributed by atoms with Crippen LogP contribution in [0, 0.1) is 0 Å². The summed E-state index contributed by atoms with van der Waals surface area (Å²) in [5, 5.41) is 0. The van der Waals surface area contributed by atoms with Gasteiger partial charge in [0.15, 0.2) is 0 Å². The van der Waals surface area contributed by atoms with Crippen molar-refractivity contribution in [3.8, 4) is 0 Å². The van der Waals surface area contributed by atoms with Crippen LogP contribution >= 0.6 is 15.9 Å². The molecule has 0 amide bonds. The topological polar surface area (TPSA) is 12.5 Å². The molecule has 1 aliphatic heterocycles. The second-order valence-corrected chi connectivity index (χ2v) is 5.42. The van der Waals surface area contributed by atoms with E-state index in [1.54, 1.807) is 0 Å². The Hall–Kier alpha value is -0.540. The monoisotopic (exact) mass is 269 g/mol. The molecule has 2 nitrogen and oxygen atoms in total. The van der Waals surface area contributed by atoms with Gasteiger partial charge in [-0.25, -0.2) is 0 Å². The van der Waals surface area contributed by atoms with E-state index in [4.69, 9.17) is 4.74 Å². The summed E-state index contributed by atoms with van der Waals surface area (Å²) >= 11 is 3.45. The summed E-state index contributed by atoms with van der Waals surface area (Å²) in [6.07, 6.45) is 0. The molecule has 1 fully saturated rings. The first kappa shape index (κ1) is 11.0. The van der Waals surface area contributed by atoms with Crippen LogP contribution in [-0.2, 0) is 4.74 Å².